The molecule has 0 saturated heterocycles. The summed E-state index contributed by atoms with van der Waals surface area (Å²) < 4.78 is 11.2. The molecule has 8 heteroatoms. The van der Waals surface area contributed by atoms with E-state index in [2.05, 4.69) is 5.32 Å². The van der Waals surface area contributed by atoms with Crippen LogP contribution < -0.4 is 14.8 Å². The van der Waals surface area contributed by atoms with Gasteiger partial charge in [-0.05, 0) is 48.3 Å². The molecule has 0 radical (unpaired) electrons. The molecule has 0 aromatic heterocycles. The van der Waals surface area contributed by atoms with Crippen molar-refractivity contribution in [2.75, 3.05) is 32.3 Å². The third-order valence-electron chi connectivity index (χ3n) is 4.74. The highest BCUT2D eigenvalue weighted by molar-refractivity contribution is 7.98. The van der Waals surface area contributed by atoms with Gasteiger partial charge in [-0.1, -0.05) is 29.8 Å². The maximum Gasteiger partial charge on any atom is 0.253 e. The van der Waals surface area contributed by atoms with Gasteiger partial charge in [0.1, 0.15) is 19.3 Å². The number of nitrogens with zero attached hydrogens (tertiary/aromatic N) is 1. The Morgan fingerprint density at radius 3 is 2.63 bits per heavy atom. The van der Waals surface area contributed by atoms with Gasteiger partial charge in [0.15, 0.2) is 11.5 Å². The van der Waals surface area contributed by atoms with Gasteiger partial charge in [0.25, 0.3) is 5.91 Å². The lowest BCUT2D eigenvalue weighted by molar-refractivity contribution is -0.132. The van der Waals surface area contributed by atoms with Gasteiger partial charge in [-0.15, -0.1) is 0 Å². The van der Waals surface area contributed by atoms with E-state index in [1.165, 1.54) is 0 Å². The van der Waals surface area contributed by atoms with E-state index >= 15 is 0 Å². The van der Waals surface area contributed by atoms with Crippen LogP contribution in [0.4, 0.5) is 0 Å². The first-order valence-electron chi connectivity index (χ1n) is 9.67. The molecule has 2 aromatic rings. The van der Waals surface area contributed by atoms with Crippen molar-refractivity contribution in [3.63, 3.8) is 0 Å². The van der Waals surface area contributed by atoms with Crippen molar-refractivity contribution in [3.05, 3.63) is 58.6 Å². The smallest absolute Gasteiger partial charge is 0.253 e. The number of carbonyl (C=O) groups is 2. The first kappa shape index (κ1) is 22.3. The van der Waals surface area contributed by atoms with Gasteiger partial charge in [0.05, 0.1) is 10.6 Å². The summed E-state index contributed by atoms with van der Waals surface area (Å²) in [6, 6.07) is 11.8. The fraction of sp³-hybridized carbons (Fsp3) is 0.364. The van der Waals surface area contributed by atoms with Gasteiger partial charge in [-0.2, -0.15) is 11.8 Å². The number of amides is 2. The molecule has 0 aliphatic carbocycles. The summed E-state index contributed by atoms with van der Waals surface area (Å²) in [5, 5.41) is 3.21. The summed E-state index contributed by atoms with van der Waals surface area (Å²) in [4.78, 5) is 27.4. The van der Waals surface area contributed by atoms with E-state index in [1.807, 2.05) is 24.5 Å². The second-order valence-corrected chi connectivity index (χ2v) is 8.35. The van der Waals surface area contributed by atoms with Crippen molar-refractivity contribution < 1.29 is 19.1 Å². The van der Waals surface area contributed by atoms with Crippen LogP contribution in [0.2, 0.25) is 5.02 Å². The van der Waals surface area contributed by atoms with E-state index in [1.54, 1.807) is 48.0 Å². The number of thioether (sulfide) groups is 1. The summed E-state index contributed by atoms with van der Waals surface area (Å²) in [5.74, 6) is 1.64. The number of rotatable bonds is 8. The Morgan fingerprint density at radius 2 is 1.90 bits per heavy atom. The van der Waals surface area contributed by atoms with Gasteiger partial charge in [-0.3, -0.25) is 9.59 Å². The van der Waals surface area contributed by atoms with Crippen LogP contribution in [0.1, 0.15) is 22.3 Å². The zero-order valence-corrected chi connectivity index (χ0v) is 18.6. The van der Waals surface area contributed by atoms with Crippen LogP contribution in [-0.4, -0.2) is 55.0 Å². The Balaban J connectivity index is 1.69. The van der Waals surface area contributed by atoms with E-state index < -0.39 is 6.04 Å². The minimum Gasteiger partial charge on any atom is -0.486 e. The van der Waals surface area contributed by atoms with E-state index in [4.69, 9.17) is 21.1 Å². The van der Waals surface area contributed by atoms with E-state index in [-0.39, 0.29) is 11.8 Å². The van der Waals surface area contributed by atoms with Crippen LogP contribution in [0.5, 0.6) is 11.5 Å². The molecule has 1 aliphatic heterocycles. The van der Waals surface area contributed by atoms with Gasteiger partial charge in [0, 0.05) is 13.6 Å². The van der Waals surface area contributed by atoms with Crippen LogP contribution >= 0.6 is 23.4 Å². The zero-order valence-electron chi connectivity index (χ0n) is 17.0. The van der Waals surface area contributed by atoms with Gasteiger partial charge in [0.2, 0.25) is 5.91 Å². The molecule has 0 spiro atoms. The predicted molar refractivity (Wildman–Crippen MR) is 120 cm³/mol. The average molecular weight is 449 g/mol. The number of nitrogens with one attached hydrogen (secondary N) is 1. The number of fused-ring (bicyclic) bond motifs is 1. The third kappa shape index (κ3) is 5.61. The second kappa shape index (κ2) is 10.6. The maximum atomic E-state index is 13.1. The first-order valence-corrected chi connectivity index (χ1v) is 11.4. The molecule has 160 valence electrons. The molecule has 3 rings (SSSR count). The summed E-state index contributed by atoms with van der Waals surface area (Å²) in [5.41, 5.74) is 1.28. The molecule has 1 unspecified atom stereocenters. The molecule has 0 fully saturated rings. The number of halogens is 1. The van der Waals surface area contributed by atoms with E-state index in [9.17, 15) is 9.59 Å². The molecular formula is C22H25ClN2O4S. The largest absolute Gasteiger partial charge is 0.486 e. The van der Waals surface area contributed by atoms with Crippen molar-refractivity contribution in [3.8, 4) is 11.5 Å². The lowest BCUT2D eigenvalue weighted by atomic mass is 10.1. The number of ether oxygens (including phenoxy) is 2. The van der Waals surface area contributed by atoms with Crippen LogP contribution in [0.25, 0.3) is 0 Å². The van der Waals surface area contributed by atoms with Crippen molar-refractivity contribution in [1.29, 1.82) is 0 Å². The molecule has 30 heavy (non-hydrogen) atoms. The molecule has 1 aliphatic rings. The van der Waals surface area contributed by atoms with E-state index in [0.29, 0.717) is 48.3 Å². The number of benzene rings is 2. The number of hydrogen-bond acceptors (Lipinski definition) is 5. The molecule has 0 saturated carbocycles. The molecule has 6 nitrogen and oxygen atoms in total. The standard InChI is InChI=1S/C22H25ClN2O4S/c1-25(14-15-7-8-19-20(13-15)29-11-10-28-19)22(27)18(9-12-30-2)24-21(26)16-5-3-4-6-17(16)23/h3-8,13,18H,9-12,14H2,1-2H3,(H,24,26). The highest BCUT2D eigenvalue weighted by Gasteiger charge is 2.25. The van der Waals surface area contributed by atoms with Crippen molar-refractivity contribution in [2.45, 2.75) is 19.0 Å². The Kier molecular flexibility index (Phi) is 7.87. The summed E-state index contributed by atoms with van der Waals surface area (Å²) >= 11 is 7.76. The summed E-state index contributed by atoms with van der Waals surface area (Å²) in [7, 11) is 1.73. The number of likely N-dealkylation sites (N-methyl/N-ethyl adjacent to an activating group) is 1. The number of hydrogen-bond donors (Lipinski definition) is 1. The maximum absolute atomic E-state index is 13.1. The first-order chi connectivity index (χ1) is 14.5. The molecule has 2 amide bonds. The molecular weight excluding hydrogens is 424 g/mol. The lowest BCUT2D eigenvalue weighted by Gasteiger charge is -2.25. The molecule has 0 bridgehead atoms. The highest BCUT2D eigenvalue weighted by atomic mass is 35.5. The summed E-state index contributed by atoms with van der Waals surface area (Å²) in [6.07, 6.45) is 2.50. The van der Waals surface area contributed by atoms with Crippen LogP contribution in [0.3, 0.4) is 0 Å². The van der Waals surface area contributed by atoms with Gasteiger partial charge < -0.3 is 19.7 Å². The monoisotopic (exact) mass is 448 g/mol. The highest BCUT2D eigenvalue weighted by Crippen LogP contribution is 2.31. The SMILES string of the molecule is CSCCC(NC(=O)c1ccccc1Cl)C(=O)N(C)Cc1ccc2c(c1)OCCO2. The lowest BCUT2D eigenvalue weighted by Crippen LogP contribution is -2.47. The minimum absolute atomic E-state index is 0.153. The Hall–Kier alpha value is -2.38. The number of carbonyl (C=O) groups excluding carboxylic acids is 2. The van der Waals surface area contributed by atoms with Crippen molar-refractivity contribution >= 4 is 35.2 Å². The third-order valence-corrected chi connectivity index (χ3v) is 5.71. The molecule has 2 aromatic carbocycles. The van der Waals surface area contributed by atoms with Crippen molar-refractivity contribution in [1.82, 2.24) is 10.2 Å². The quantitative estimate of drug-likeness (QED) is 0.668. The van der Waals surface area contributed by atoms with Crippen molar-refractivity contribution in [2.24, 2.45) is 0 Å². The van der Waals surface area contributed by atoms with Gasteiger partial charge >= 0.3 is 0 Å². The molecule has 1 N–H and O–H groups in total. The Labute approximate surface area is 185 Å². The molecule has 1 heterocycles. The van der Waals surface area contributed by atoms with Crippen LogP contribution in [0.15, 0.2) is 42.5 Å². The van der Waals surface area contributed by atoms with Crippen LogP contribution in [0, 0.1) is 0 Å². The molecule has 1 atom stereocenters. The predicted octanol–water partition coefficient (Wildman–Crippen LogP) is 3.62. The summed E-state index contributed by atoms with van der Waals surface area (Å²) in [6.45, 7) is 1.44. The Morgan fingerprint density at radius 1 is 1.17 bits per heavy atom. The minimum atomic E-state index is -0.636. The normalized spacial score (nSPS) is 13.4. The fourth-order valence-corrected chi connectivity index (χ4v) is 3.87. The fourth-order valence-electron chi connectivity index (χ4n) is 3.18. The average Bonchev–Trinajstić information content (AvgIpc) is 2.76. The second-order valence-electron chi connectivity index (χ2n) is 6.96. The van der Waals surface area contributed by atoms with Gasteiger partial charge in [-0.25, -0.2) is 0 Å². The Bertz CT molecular complexity index is 908. The van der Waals surface area contributed by atoms with Crippen LogP contribution in [-0.2, 0) is 11.3 Å². The van der Waals surface area contributed by atoms with E-state index in [0.717, 1.165) is 11.3 Å². The zero-order chi connectivity index (χ0) is 21.5. The topological polar surface area (TPSA) is 67.9 Å².